The van der Waals surface area contributed by atoms with E-state index in [1.165, 1.54) is 12.1 Å². The summed E-state index contributed by atoms with van der Waals surface area (Å²) >= 11 is 0. The summed E-state index contributed by atoms with van der Waals surface area (Å²) in [5, 5.41) is 0.320. The zero-order valence-corrected chi connectivity index (χ0v) is 12.8. The van der Waals surface area contributed by atoms with Crippen LogP contribution in [0.15, 0.2) is 35.3 Å². The van der Waals surface area contributed by atoms with E-state index in [-0.39, 0.29) is 17.4 Å². The molecule has 0 saturated heterocycles. The van der Waals surface area contributed by atoms with Gasteiger partial charge < -0.3 is 5.73 Å². The number of pyridine rings is 2. The summed E-state index contributed by atoms with van der Waals surface area (Å²) in [6, 6.07) is 5.89. The lowest BCUT2D eigenvalue weighted by molar-refractivity contribution is -0.141. The van der Waals surface area contributed by atoms with Crippen LogP contribution in [0.25, 0.3) is 16.7 Å². The Labute approximate surface area is 139 Å². The van der Waals surface area contributed by atoms with E-state index < -0.39 is 23.2 Å². The third-order valence-electron chi connectivity index (χ3n) is 4.08. The fourth-order valence-electron chi connectivity index (χ4n) is 2.76. The number of nitrogens with two attached hydrogens (primary N) is 1. The van der Waals surface area contributed by atoms with Gasteiger partial charge in [-0.25, -0.2) is 19.3 Å². The molecular formula is C16H12F3N5O. The maximum Gasteiger partial charge on any atom is 0.435 e. The number of fused-ring (bicyclic) bond motifs is 1. The second kappa shape index (κ2) is 5.27. The van der Waals surface area contributed by atoms with Crippen LogP contribution in [-0.2, 0) is 6.18 Å². The average Bonchev–Trinajstić information content (AvgIpc) is 3.39. The van der Waals surface area contributed by atoms with Gasteiger partial charge in [0.1, 0.15) is 5.82 Å². The Hall–Kier alpha value is -2.97. The predicted molar refractivity (Wildman–Crippen MR) is 84.3 cm³/mol. The first-order chi connectivity index (χ1) is 11.9. The molecule has 3 aromatic heterocycles. The van der Waals surface area contributed by atoms with E-state index in [0.29, 0.717) is 5.39 Å². The van der Waals surface area contributed by atoms with Crippen molar-refractivity contribution < 1.29 is 13.2 Å². The monoisotopic (exact) mass is 347 g/mol. The van der Waals surface area contributed by atoms with Crippen molar-refractivity contribution in [1.82, 2.24) is 19.5 Å². The summed E-state index contributed by atoms with van der Waals surface area (Å²) < 4.78 is 40.8. The minimum atomic E-state index is -4.72. The molecule has 0 radical (unpaired) electrons. The van der Waals surface area contributed by atoms with Crippen molar-refractivity contribution in [3.63, 3.8) is 0 Å². The molecule has 0 amide bonds. The van der Waals surface area contributed by atoms with Gasteiger partial charge in [-0.05, 0) is 37.1 Å². The Bertz CT molecular complexity index is 1040. The second-order valence-electron chi connectivity index (χ2n) is 5.87. The van der Waals surface area contributed by atoms with E-state index in [9.17, 15) is 18.0 Å². The van der Waals surface area contributed by atoms with Crippen molar-refractivity contribution in [2.24, 2.45) is 0 Å². The highest BCUT2D eigenvalue weighted by atomic mass is 19.4. The lowest BCUT2D eigenvalue weighted by atomic mass is 10.2. The minimum absolute atomic E-state index is 0.0559. The van der Waals surface area contributed by atoms with Crippen molar-refractivity contribution in [3.8, 4) is 5.69 Å². The predicted octanol–water partition coefficient (Wildman–Crippen LogP) is 2.65. The first-order valence-electron chi connectivity index (χ1n) is 7.58. The molecule has 1 saturated carbocycles. The van der Waals surface area contributed by atoms with Crippen LogP contribution in [0, 0.1) is 0 Å². The Morgan fingerprint density at radius 1 is 1.16 bits per heavy atom. The number of alkyl halides is 3. The molecule has 1 fully saturated rings. The fourth-order valence-corrected chi connectivity index (χ4v) is 2.76. The van der Waals surface area contributed by atoms with Crippen molar-refractivity contribution in [3.05, 3.63) is 52.3 Å². The largest absolute Gasteiger partial charge is 0.435 e. The summed E-state index contributed by atoms with van der Waals surface area (Å²) in [4.78, 5) is 23.8. The topological polar surface area (TPSA) is 86.7 Å². The van der Waals surface area contributed by atoms with Crippen molar-refractivity contribution in [2.75, 3.05) is 5.73 Å². The van der Waals surface area contributed by atoms with Crippen LogP contribution in [0.4, 0.5) is 19.0 Å². The standard InChI is InChI=1S/C16H12F3N5O/c17-16(18,19)12-11(2-1-7-21-12)24-14-9(13(20)23-15(24)25)5-6-10(22-14)8-3-4-8/h1-2,5-8H,3-4H2,(H2,20,23,25). The van der Waals surface area contributed by atoms with Crippen molar-refractivity contribution in [1.29, 1.82) is 0 Å². The van der Waals surface area contributed by atoms with Gasteiger partial charge in [-0.2, -0.15) is 18.2 Å². The maximum absolute atomic E-state index is 13.3. The Balaban J connectivity index is 2.08. The van der Waals surface area contributed by atoms with Gasteiger partial charge in [0.15, 0.2) is 11.3 Å². The molecule has 0 aliphatic heterocycles. The van der Waals surface area contributed by atoms with Crippen LogP contribution in [-0.4, -0.2) is 19.5 Å². The molecule has 4 rings (SSSR count). The van der Waals surface area contributed by atoms with Crippen LogP contribution in [0.2, 0.25) is 0 Å². The Morgan fingerprint density at radius 3 is 2.60 bits per heavy atom. The van der Waals surface area contributed by atoms with Crippen molar-refractivity contribution in [2.45, 2.75) is 24.9 Å². The Kier molecular flexibility index (Phi) is 3.28. The van der Waals surface area contributed by atoms with E-state index in [4.69, 9.17) is 5.73 Å². The van der Waals surface area contributed by atoms with Gasteiger partial charge >= 0.3 is 11.9 Å². The molecular weight excluding hydrogens is 335 g/mol. The molecule has 0 aromatic carbocycles. The third kappa shape index (κ3) is 2.61. The van der Waals surface area contributed by atoms with E-state index in [0.717, 1.165) is 29.3 Å². The molecule has 0 spiro atoms. The number of hydrogen-bond acceptors (Lipinski definition) is 5. The molecule has 2 N–H and O–H groups in total. The van der Waals surface area contributed by atoms with Gasteiger partial charge in [0, 0.05) is 17.8 Å². The molecule has 128 valence electrons. The zero-order valence-electron chi connectivity index (χ0n) is 12.8. The lowest BCUT2D eigenvalue weighted by Gasteiger charge is -2.15. The third-order valence-corrected chi connectivity index (χ3v) is 4.08. The average molecular weight is 347 g/mol. The van der Waals surface area contributed by atoms with Gasteiger partial charge in [-0.3, -0.25) is 0 Å². The smallest absolute Gasteiger partial charge is 0.383 e. The quantitative estimate of drug-likeness (QED) is 0.770. The summed E-state index contributed by atoms with van der Waals surface area (Å²) in [6.07, 6.45) is -1.78. The lowest BCUT2D eigenvalue weighted by Crippen LogP contribution is -2.26. The van der Waals surface area contributed by atoms with Crippen molar-refractivity contribution >= 4 is 16.9 Å². The number of nitrogen functional groups attached to an aromatic ring is 1. The van der Waals surface area contributed by atoms with Gasteiger partial charge in [0.25, 0.3) is 0 Å². The highest BCUT2D eigenvalue weighted by molar-refractivity contribution is 5.86. The summed E-state index contributed by atoms with van der Waals surface area (Å²) in [5.74, 6) is 0.196. The van der Waals surface area contributed by atoms with Crippen LogP contribution in [0.3, 0.4) is 0 Å². The molecule has 0 atom stereocenters. The van der Waals surface area contributed by atoms with Gasteiger partial charge in [0.05, 0.1) is 11.1 Å². The molecule has 0 bridgehead atoms. The zero-order chi connectivity index (χ0) is 17.8. The fraction of sp³-hybridized carbons (Fsp3) is 0.250. The molecule has 1 aliphatic rings. The first kappa shape index (κ1) is 15.6. The summed E-state index contributed by atoms with van der Waals surface area (Å²) in [5.41, 5.74) is 4.03. The molecule has 9 heteroatoms. The highest BCUT2D eigenvalue weighted by Crippen LogP contribution is 2.40. The molecule has 6 nitrogen and oxygen atoms in total. The minimum Gasteiger partial charge on any atom is -0.383 e. The van der Waals surface area contributed by atoms with Gasteiger partial charge in [-0.1, -0.05) is 0 Å². The van der Waals surface area contributed by atoms with E-state index in [1.54, 1.807) is 12.1 Å². The van der Waals surface area contributed by atoms with Crippen LogP contribution in [0.1, 0.15) is 30.1 Å². The van der Waals surface area contributed by atoms with E-state index in [2.05, 4.69) is 15.0 Å². The molecule has 3 aromatic rings. The van der Waals surface area contributed by atoms with E-state index >= 15 is 0 Å². The number of anilines is 1. The highest BCUT2D eigenvalue weighted by Gasteiger charge is 2.36. The van der Waals surface area contributed by atoms with Crippen LogP contribution >= 0.6 is 0 Å². The number of rotatable bonds is 2. The SMILES string of the molecule is Nc1nc(=O)n(-c2cccnc2C(F)(F)F)c2nc(C3CC3)ccc12. The van der Waals surface area contributed by atoms with Crippen LogP contribution in [0.5, 0.6) is 0 Å². The Morgan fingerprint density at radius 2 is 1.92 bits per heavy atom. The number of hydrogen-bond donors (Lipinski definition) is 1. The molecule has 25 heavy (non-hydrogen) atoms. The normalized spacial score (nSPS) is 14.8. The van der Waals surface area contributed by atoms with Crippen LogP contribution < -0.4 is 11.4 Å². The number of aromatic nitrogens is 4. The molecule has 3 heterocycles. The summed E-state index contributed by atoms with van der Waals surface area (Å²) in [6.45, 7) is 0. The van der Waals surface area contributed by atoms with E-state index in [1.807, 2.05) is 0 Å². The van der Waals surface area contributed by atoms with Gasteiger partial charge in [0.2, 0.25) is 0 Å². The first-order valence-corrected chi connectivity index (χ1v) is 7.58. The molecule has 1 aliphatic carbocycles. The maximum atomic E-state index is 13.3. The molecule has 0 unspecified atom stereocenters. The number of nitrogens with zero attached hydrogens (tertiary/aromatic N) is 4. The summed E-state index contributed by atoms with van der Waals surface area (Å²) in [7, 11) is 0. The number of halogens is 3. The van der Waals surface area contributed by atoms with Gasteiger partial charge in [-0.15, -0.1) is 0 Å². The second-order valence-corrected chi connectivity index (χ2v) is 5.87.